The van der Waals surface area contributed by atoms with E-state index in [2.05, 4.69) is 28.3 Å². The number of nitrogens with one attached hydrogen (secondary N) is 1. The number of nitrogens with zero attached hydrogens (tertiary/aromatic N) is 2. The van der Waals surface area contributed by atoms with Crippen LogP contribution < -0.4 is 5.32 Å². The summed E-state index contributed by atoms with van der Waals surface area (Å²) >= 11 is 2.02. The summed E-state index contributed by atoms with van der Waals surface area (Å²) in [5.74, 6) is 0. The minimum Gasteiger partial charge on any atom is -0.314 e. The van der Waals surface area contributed by atoms with Crippen molar-refractivity contribution in [3.8, 4) is 0 Å². The van der Waals surface area contributed by atoms with Gasteiger partial charge >= 0.3 is 0 Å². The number of likely N-dealkylation sites (N-methyl/N-ethyl adjacent to an activating group) is 1. The van der Waals surface area contributed by atoms with Crippen molar-refractivity contribution < 1.29 is 0 Å². The Bertz CT molecular complexity index is 192. The van der Waals surface area contributed by atoms with Crippen LogP contribution in [0, 0.1) is 0 Å². The van der Waals surface area contributed by atoms with Gasteiger partial charge in [-0.05, 0) is 12.8 Å². The lowest BCUT2D eigenvalue weighted by Gasteiger charge is -2.39. The number of piperazine rings is 1. The Morgan fingerprint density at radius 1 is 1.20 bits per heavy atom. The largest absolute Gasteiger partial charge is 0.314 e. The van der Waals surface area contributed by atoms with E-state index in [0.29, 0.717) is 0 Å². The quantitative estimate of drug-likeness (QED) is 0.751. The highest BCUT2D eigenvalue weighted by Crippen LogP contribution is 2.21. The van der Waals surface area contributed by atoms with E-state index < -0.39 is 0 Å². The van der Waals surface area contributed by atoms with E-state index in [9.17, 15) is 0 Å². The highest BCUT2D eigenvalue weighted by molar-refractivity contribution is 7.99. The summed E-state index contributed by atoms with van der Waals surface area (Å²) in [5.41, 5.74) is 0. The van der Waals surface area contributed by atoms with Gasteiger partial charge in [0.2, 0.25) is 0 Å². The second-order valence-electron chi connectivity index (χ2n) is 4.47. The zero-order valence-electron chi connectivity index (χ0n) is 9.91. The smallest absolute Gasteiger partial charge is 0.0352 e. The van der Waals surface area contributed by atoms with Crippen molar-refractivity contribution in [1.82, 2.24) is 15.1 Å². The number of thioether (sulfide) groups is 1. The summed E-state index contributed by atoms with van der Waals surface area (Å²) in [6.07, 6.45) is 2.24. The van der Waals surface area contributed by atoms with Crippen LogP contribution in [0.1, 0.15) is 6.92 Å². The lowest BCUT2D eigenvalue weighted by atomic mass is 10.2. The van der Waals surface area contributed by atoms with Crippen LogP contribution in [-0.4, -0.2) is 73.2 Å². The average Bonchev–Trinajstić information content (AvgIpc) is 2.77. The third-order valence-electron chi connectivity index (χ3n) is 3.75. The van der Waals surface area contributed by atoms with E-state index in [0.717, 1.165) is 11.3 Å². The standard InChI is InChI=1S/C11H23N3S/c1-3-13-4-6-14(7-5-13)10-8-12-9-11(10)15-2/h10-12H,3-9H2,1-2H3. The zero-order chi connectivity index (χ0) is 10.7. The maximum Gasteiger partial charge on any atom is 0.0352 e. The van der Waals surface area contributed by atoms with Crippen molar-refractivity contribution in [2.24, 2.45) is 0 Å². The molecule has 0 aromatic heterocycles. The minimum atomic E-state index is 0.777. The van der Waals surface area contributed by atoms with Crippen molar-refractivity contribution >= 4 is 11.8 Å². The molecule has 4 heteroatoms. The summed E-state index contributed by atoms with van der Waals surface area (Å²) < 4.78 is 0. The first-order valence-electron chi connectivity index (χ1n) is 6.05. The molecular weight excluding hydrogens is 206 g/mol. The van der Waals surface area contributed by atoms with E-state index in [1.54, 1.807) is 0 Å². The van der Waals surface area contributed by atoms with Gasteiger partial charge in [-0.3, -0.25) is 4.90 Å². The van der Waals surface area contributed by atoms with Crippen LogP contribution in [0.4, 0.5) is 0 Å². The van der Waals surface area contributed by atoms with Crippen molar-refractivity contribution in [1.29, 1.82) is 0 Å². The summed E-state index contributed by atoms with van der Waals surface area (Å²) in [5, 5.41) is 4.32. The van der Waals surface area contributed by atoms with Crippen LogP contribution in [0.25, 0.3) is 0 Å². The fourth-order valence-electron chi connectivity index (χ4n) is 2.66. The molecule has 2 unspecified atom stereocenters. The Labute approximate surface area is 97.6 Å². The molecule has 2 fully saturated rings. The van der Waals surface area contributed by atoms with Crippen molar-refractivity contribution in [3.63, 3.8) is 0 Å². The van der Waals surface area contributed by atoms with Crippen LogP contribution in [0.2, 0.25) is 0 Å². The summed E-state index contributed by atoms with van der Waals surface area (Å²) in [7, 11) is 0. The van der Waals surface area contributed by atoms with Crippen LogP contribution in [0.5, 0.6) is 0 Å². The molecule has 0 aliphatic carbocycles. The van der Waals surface area contributed by atoms with E-state index in [-0.39, 0.29) is 0 Å². The van der Waals surface area contributed by atoms with E-state index in [1.807, 2.05) is 11.8 Å². The van der Waals surface area contributed by atoms with Gasteiger partial charge in [-0.2, -0.15) is 11.8 Å². The molecular formula is C11H23N3S. The Morgan fingerprint density at radius 2 is 1.93 bits per heavy atom. The van der Waals surface area contributed by atoms with E-state index in [1.165, 1.54) is 45.8 Å². The summed E-state index contributed by atoms with van der Waals surface area (Å²) in [4.78, 5) is 5.24. The van der Waals surface area contributed by atoms with Crippen molar-refractivity contribution in [2.45, 2.75) is 18.2 Å². The molecule has 2 atom stereocenters. The predicted molar refractivity (Wildman–Crippen MR) is 67.6 cm³/mol. The Balaban J connectivity index is 1.84. The number of hydrogen-bond acceptors (Lipinski definition) is 4. The van der Waals surface area contributed by atoms with Crippen LogP contribution in [0.3, 0.4) is 0 Å². The fourth-order valence-corrected chi connectivity index (χ4v) is 3.52. The van der Waals surface area contributed by atoms with Gasteiger partial charge in [0, 0.05) is 50.6 Å². The van der Waals surface area contributed by atoms with Gasteiger partial charge in [0.25, 0.3) is 0 Å². The molecule has 88 valence electrons. The summed E-state index contributed by atoms with van der Waals surface area (Å²) in [6.45, 7) is 10.9. The molecule has 0 spiro atoms. The van der Waals surface area contributed by atoms with Crippen molar-refractivity contribution in [2.75, 3.05) is 52.1 Å². The molecule has 0 aromatic carbocycles. The first-order chi connectivity index (χ1) is 7.35. The van der Waals surface area contributed by atoms with Gasteiger partial charge in [0.15, 0.2) is 0 Å². The van der Waals surface area contributed by atoms with E-state index >= 15 is 0 Å². The molecule has 0 bridgehead atoms. The third kappa shape index (κ3) is 2.67. The Morgan fingerprint density at radius 3 is 2.53 bits per heavy atom. The van der Waals surface area contributed by atoms with Gasteiger partial charge in [0.05, 0.1) is 0 Å². The molecule has 2 rings (SSSR count). The molecule has 1 N–H and O–H groups in total. The predicted octanol–water partition coefficient (Wildman–Crippen LogP) is 0.327. The maximum absolute atomic E-state index is 3.52. The van der Waals surface area contributed by atoms with Gasteiger partial charge in [-0.15, -0.1) is 0 Å². The topological polar surface area (TPSA) is 18.5 Å². The second kappa shape index (κ2) is 5.53. The van der Waals surface area contributed by atoms with Gasteiger partial charge in [0.1, 0.15) is 0 Å². The average molecular weight is 229 g/mol. The summed E-state index contributed by atoms with van der Waals surface area (Å²) in [6, 6.07) is 0.777. The molecule has 0 amide bonds. The Kier molecular flexibility index (Phi) is 4.31. The van der Waals surface area contributed by atoms with Crippen LogP contribution >= 0.6 is 11.8 Å². The van der Waals surface area contributed by atoms with E-state index in [4.69, 9.17) is 0 Å². The molecule has 0 radical (unpaired) electrons. The maximum atomic E-state index is 3.52. The zero-order valence-corrected chi connectivity index (χ0v) is 10.7. The highest BCUT2D eigenvalue weighted by Gasteiger charge is 2.32. The lowest BCUT2D eigenvalue weighted by molar-refractivity contribution is 0.108. The molecule has 0 saturated carbocycles. The molecule has 3 nitrogen and oxygen atoms in total. The van der Waals surface area contributed by atoms with Crippen molar-refractivity contribution in [3.05, 3.63) is 0 Å². The first-order valence-corrected chi connectivity index (χ1v) is 7.34. The van der Waals surface area contributed by atoms with Crippen LogP contribution in [0.15, 0.2) is 0 Å². The Hall–Kier alpha value is 0.230. The van der Waals surface area contributed by atoms with Gasteiger partial charge < -0.3 is 10.2 Å². The first kappa shape index (κ1) is 11.7. The monoisotopic (exact) mass is 229 g/mol. The SMILES string of the molecule is CCN1CCN(C2CNCC2SC)CC1. The van der Waals surface area contributed by atoms with Gasteiger partial charge in [-0.25, -0.2) is 0 Å². The molecule has 2 aliphatic heterocycles. The number of rotatable bonds is 3. The highest BCUT2D eigenvalue weighted by atomic mass is 32.2. The van der Waals surface area contributed by atoms with Crippen LogP contribution in [-0.2, 0) is 0 Å². The second-order valence-corrected chi connectivity index (χ2v) is 5.55. The molecule has 0 aromatic rings. The normalized spacial score (nSPS) is 34.8. The molecule has 2 saturated heterocycles. The van der Waals surface area contributed by atoms with Gasteiger partial charge in [-0.1, -0.05) is 6.92 Å². The molecule has 15 heavy (non-hydrogen) atoms. The molecule has 2 aliphatic rings. The third-order valence-corrected chi connectivity index (χ3v) is 4.84. The molecule has 2 heterocycles. The minimum absolute atomic E-state index is 0.777. The number of hydrogen-bond donors (Lipinski definition) is 1. The lowest BCUT2D eigenvalue weighted by Crippen LogP contribution is -2.53. The fraction of sp³-hybridized carbons (Fsp3) is 1.00.